The second-order valence-corrected chi connectivity index (χ2v) is 6.69. The average Bonchev–Trinajstić information content (AvgIpc) is 2.63. The van der Waals surface area contributed by atoms with E-state index in [4.69, 9.17) is 4.74 Å². The van der Waals surface area contributed by atoms with Crippen LogP contribution in [0.4, 0.5) is 5.69 Å². The lowest BCUT2D eigenvalue weighted by atomic mass is 10.1. The normalized spacial score (nSPS) is 14.5. The number of ether oxygens (including phenoxy) is 1. The number of aryl methyl sites for hydroxylation is 2. The summed E-state index contributed by atoms with van der Waals surface area (Å²) in [5.74, 6) is 0.858. The molecule has 1 aliphatic rings. The molecule has 0 atom stereocenters. The second kappa shape index (κ2) is 7.60. The first-order valence-electron chi connectivity index (χ1n) is 8.83. The van der Waals surface area contributed by atoms with Gasteiger partial charge in [-0.15, -0.1) is 0 Å². The van der Waals surface area contributed by atoms with Crippen molar-refractivity contribution in [2.45, 2.75) is 20.8 Å². The number of hydrogen-bond donors (Lipinski definition) is 0. The van der Waals surface area contributed by atoms with E-state index in [0.29, 0.717) is 0 Å². The summed E-state index contributed by atoms with van der Waals surface area (Å²) >= 11 is 0. The van der Waals surface area contributed by atoms with Gasteiger partial charge in [0.25, 0.3) is 5.91 Å². The summed E-state index contributed by atoms with van der Waals surface area (Å²) in [5, 5.41) is 0. The van der Waals surface area contributed by atoms with Crippen LogP contribution >= 0.6 is 0 Å². The molecule has 0 radical (unpaired) electrons. The predicted octanol–water partition coefficient (Wildman–Crippen LogP) is 3.34. The van der Waals surface area contributed by atoms with Crippen LogP contribution in [0.3, 0.4) is 0 Å². The Hall–Kier alpha value is -2.49. The minimum Gasteiger partial charge on any atom is -0.483 e. The number of amides is 1. The van der Waals surface area contributed by atoms with Crippen molar-refractivity contribution in [3.05, 3.63) is 59.2 Å². The predicted molar refractivity (Wildman–Crippen MR) is 101 cm³/mol. The van der Waals surface area contributed by atoms with E-state index in [1.54, 1.807) is 0 Å². The highest BCUT2D eigenvalue weighted by Crippen LogP contribution is 2.21. The second-order valence-electron chi connectivity index (χ2n) is 6.69. The molecule has 4 nitrogen and oxygen atoms in total. The number of benzene rings is 2. The molecule has 1 amide bonds. The average molecular weight is 338 g/mol. The van der Waals surface area contributed by atoms with E-state index >= 15 is 0 Å². The highest BCUT2D eigenvalue weighted by molar-refractivity contribution is 5.78. The lowest BCUT2D eigenvalue weighted by Gasteiger charge is -2.36. The number of nitrogens with zero attached hydrogens (tertiary/aromatic N) is 2. The summed E-state index contributed by atoms with van der Waals surface area (Å²) in [7, 11) is 0. The molecule has 2 aromatic rings. The van der Waals surface area contributed by atoms with Crippen LogP contribution in [0.25, 0.3) is 0 Å². The van der Waals surface area contributed by atoms with E-state index in [1.807, 2.05) is 24.0 Å². The van der Waals surface area contributed by atoms with Crippen LogP contribution in [-0.4, -0.2) is 43.6 Å². The summed E-state index contributed by atoms with van der Waals surface area (Å²) in [6, 6.07) is 14.5. The molecule has 0 aliphatic carbocycles. The fourth-order valence-corrected chi connectivity index (χ4v) is 3.15. The van der Waals surface area contributed by atoms with Crippen LogP contribution in [0, 0.1) is 20.8 Å². The van der Waals surface area contributed by atoms with Gasteiger partial charge in [-0.05, 0) is 55.7 Å². The molecule has 0 bridgehead atoms. The molecule has 0 saturated carbocycles. The van der Waals surface area contributed by atoms with E-state index in [-0.39, 0.29) is 12.5 Å². The smallest absolute Gasteiger partial charge is 0.260 e. The zero-order valence-corrected chi connectivity index (χ0v) is 15.3. The summed E-state index contributed by atoms with van der Waals surface area (Å²) < 4.78 is 5.76. The Bertz CT molecular complexity index is 749. The minimum absolute atomic E-state index is 0.0600. The van der Waals surface area contributed by atoms with Crippen LogP contribution in [-0.2, 0) is 4.79 Å². The number of carbonyl (C=O) groups excluding carboxylic acids is 1. The first kappa shape index (κ1) is 17.3. The van der Waals surface area contributed by atoms with Gasteiger partial charge >= 0.3 is 0 Å². The van der Waals surface area contributed by atoms with Crippen molar-refractivity contribution in [2.75, 3.05) is 37.7 Å². The Morgan fingerprint density at radius 3 is 2.44 bits per heavy atom. The molecule has 132 valence electrons. The fraction of sp³-hybridized carbons (Fsp3) is 0.381. The van der Waals surface area contributed by atoms with Gasteiger partial charge < -0.3 is 14.5 Å². The maximum absolute atomic E-state index is 12.4. The van der Waals surface area contributed by atoms with Gasteiger partial charge in [-0.1, -0.05) is 24.3 Å². The SMILES string of the molecule is Cc1cccc(N2CCN(C(=O)COc3cccc(C)c3C)CC2)c1. The highest BCUT2D eigenvalue weighted by Gasteiger charge is 2.21. The third kappa shape index (κ3) is 4.13. The van der Waals surface area contributed by atoms with Crippen LogP contribution in [0.15, 0.2) is 42.5 Å². The molecule has 0 aromatic heterocycles. The molecule has 0 spiro atoms. The maximum Gasteiger partial charge on any atom is 0.260 e. The molecule has 1 aliphatic heterocycles. The summed E-state index contributed by atoms with van der Waals surface area (Å²) in [6.45, 7) is 9.48. The minimum atomic E-state index is 0.0600. The molecule has 2 aromatic carbocycles. The fourth-order valence-electron chi connectivity index (χ4n) is 3.15. The Labute approximate surface area is 150 Å². The Balaban J connectivity index is 1.52. The topological polar surface area (TPSA) is 32.8 Å². The van der Waals surface area contributed by atoms with E-state index in [9.17, 15) is 4.79 Å². The quantitative estimate of drug-likeness (QED) is 0.857. The van der Waals surface area contributed by atoms with Gasteiger partial charge in [0.1, 0.15) is 5.75 Å². The number of rotatable bonds is 4. The van der Waals surface area contributed by atoms with Gasteiger partial charge in [-0.25, -0.2) is 0 Å². The molecule has 4 heteroatoms. The number of hydrogen-bond acceptors (Lipinski definition) is 3. The third-order valence-electron chi connectivity index (χ3n) is 4.91. The Kier molecular flexibility index (Phi) is 5.27. The summed E-state index contributed by atoms with van der Waals surface area (Å²) in [6.07, 6.45) is 0. The van der Waals surface area contributed by atoms with E-state index in [0.717, 1.165) is 37.5 Å². The molecule has 0 N–H and O–H groups in total. The Morgan fingerprint density at radius 2 is 1.72 bits per heavy atom. The van der Waals surface area contributed by atoms with Crippen LogP contribution < -0.4 is 9.64 Å². The monoisotopic (exact) mass is 338 g/mol. The van der Waals surface area contributed by atoms with Gasteiger partial charge in [-0.3, -0.25) is 4.79 Å². The van der Waals surface area contributed by atoms with Gasteiger partial charge in [-0.2, -0.15) is 0 Å². The van der Waals surface area contributed by atoms with Gasteiger partial charge in [0, 0.05) is 31.9 Å². The molecule has 25 heavy (non-hydrogen) atoms. The molecule has 1 fully saturated rings. The third-order valence-corrected chi connectivity index (χ3v) is 4.91. The largest absolute Gasteiger partial charge is 0.483 e. The van der Waals surface area contributed by atoms with Crippen molar-refractivity contribution in [1.82, 2.24) is 4.90 Å². The standard InChI is InChI=1S/C21H26N2O2/c1-16-6-4-8-19(14-16)22-10-12-23(13-11-22)21(24)15-25-20-9-5-7-17(2)18(20)3/h4-9,14H,10-13,15H2,1-3H3. The molecule has 3 rings (SSSR count). The van der Waals surface area contributed by atoms with E-state index in [1.165, 1.54) is 16.8 Å². The van der Waals surface area contributed by atoms with Crippen LogP contribution in [0.1, 0.15) is 16.7 Å². The summed E-state index contributed by atoms with van der Waals surface area (Å²) in [5.41, 5.74) is 4.77. The molecule has 0 unspecified atom stereocenters. The van der Waals surface area contributed by atoms with Gasteiger partial charge in [0.2, 0.25) is 0 Å². The van der Waals surface area contributed by atoms with E-state index in [2.05, 4.69) is 49.1 Å². The zero-order valence-electron chi connectivity index (χ0n) is 15.3. The molecule has 1 heterocycles. The van der Waals surface area contributed by atoms with Crippen molar-refractivity contribution >= 4 is 11.6 Å². The molecular weight excluding hydrogens is 312 g/mol. The zero-order chi connectivity index (χ0) is 17.8. The van der Waals surface area contributed by atoms with Crippen molar-refractivity contribution in [3.63, 3.8) is 0 Å². The van der Waals surface area contributed by atoms with Crippen LogP contribution in [0.5, 0.6) is 5.75 Å². The highest BCUT2D eigenvalue weighted by atomic mass is 16.5. The van der Waals surface area contributed by atoms with Gasteiger partial charge in [0.15, 0.2) is 6.61 Å². The molecular formula is C21H26N2O2. The van der Waals surface area contributed by atoms with Gasteiger partial charge in [0.05, 0.1) is 0 Å². The summed E-state index contributed by atoms with van der Waals surface area (Å²) in [4.78, 5) is 16.7. The maximum atomic E-state index is 12.4. The van der Waals surface area contributed by atoms with Crippen molar-refractivity contribution < 1.29 is 9.53 Å². The molecule has 1 saturated heterocycles. The first-order chi connectivity index (χ1) is 12.0. The van der Waals surface area contributed by atoms with Crippen molar-refractivity contribution in [2.24, 2.45) is 0 Å². The van der Waals surface area contributed by atoms with E-state index < -0.39 is 0 Å². The lowest BCUT2D eigenvalue weighted by Crippen LogP contribution is -2.50. The number of carbonyl (C=O) groups is 1. The Morgan fingerprint density at radius 1 is 1.00 bits per heavy atom. The number of piperazine rings is 1. The van der Waals surface area contributed by atoms with Crippen molar-refractivity contribution in [3.8, 4) is 5.75 Å². The number of anilines is 1. The lowest BCUT2D eigenvalue weighted by molar-refractivity contribution is -0.133. The first-order valence-corrected chi connectivity index (χ1v) is 8.83. The van der Waals surface area contributed by atoms with Crippen molar-refractivity contribution in [1.29, 1.82) is 0 Å². The van der Waals surface area contributed by atoms with Crippen LogP contribution in [0.2, 0.25) is 0 Å².